The second-order valence-electron chi connectivity index (χ2n) is 10.8. The van der Waals surface area contributed by atoms with Gasteiger partial charge in [-0.3, -0.25) is 4.98 Å². The number of aromatic nitrogens is 3. The second kappa shape index (κ2) is 10.6. The molecular weight excluding hydrogens is 366 g/mol. The maximum absolute atomic E-state index is 4.05. The highest BCUT2D eigenvalue weighted by Gasteiger charge is 2.14. The van der Waals surface area contributed by atoms with Crippen LogP contribution >= 0.6 is 0 Å². The Balaban J connectivity index is 0.000000226. The Kier molecular flexibility index (Phi) is 9.02. The van der Waals surface area contributed by atoms with Crippen LogP contribution in [0.4, 0.5) is 0 Å². The van der Waals surface area contributed by atoms with Crippen LogP contribution in [0.3, 0.4) is 0 Å². The summed E-state index contributed by atoms with van der Waals surface area (Å²) in [6.07, 6.45) is 7.29. The van der Waals surface area contributed by atoms with Crippen LogP contribution < -0.4 is 0 Å². The Bertz CT molecular complexity index is 844. The number of hydrogen-bond donors (Lipinski definition) is 1. The van der Waals surface area contributed by atoms with Gasteiger partial charge in [-0.25, -0.2) is 4.98 Å². The predicted molar refractivity (Wildman–Crippen MR) is 130 cm³/mol. The Morgan fingerprint density at radius 3 is 1.57 bits per heavy atom. The van der Waals surface area contributed by atoms with Gasteiger partial charge in [0.05, 0.1) is 6.33 Å². The Hall–Kier alpha value is -2.42. The zero-order valence-corrected chi connectivity index (χ0v) is 20.7. The third-order valence-corrected chi connectivity index (χ3v) is 4.72. The van der Waals surface area contributed by atoms with E-state index in [4.69, 9.17) is 0 Å². The molecule has 30 heavy (non-hydrogen) atoms. The number of nitrogens with zero attached hydrogens (tertiary/aromatic N) is 2. The van der Waals surface area contributed by atoms with Gasteiger partial charge in [-0.2, -0.15) is 0 Å². The van der Waals surface area contributed by atoms with Gasteiger partial charge in [0.1, 0.15) is 0 Å². The molecule has 0 radical (unpaired) electrons. The predicted octanol–water partition coefficient (Wildman–Crippen LogP) is 7.38. The monoisotopic (exact) mass is 407 g/mol. The lowest BCUT2D eigenvalue weighted by molar-refractivity contribution is 0.572. The van der Waals surface area contributed by atoms with E-state index in [9.17, 15) is 0 Å². The molecule has 0 aliphatic rings. The Morgan fingerprint density at radius 1 is 0.667 bits per heavy atom. The fourth-order valence-electron chi connectivity index (χ4n) is 2.58. The number of H-pyrrole nitrogens is 1. The van der Waals surface area contributed by atoms with Crippen LogP contribution in [-0.2, 0) is 16.2 Å². The van der Waals surface area contributed by atoms with Gasteiger partial charge in [0, 0.05) is 29.7 Å². The molecular formula is C27H41N3. The highest BCUT2D eigenvalue weighted by Crippen LogP contribution is 2.22. The van der Waals surface area contributed by atoms with Crippen molar-refractivity contribution in [1.29, 1.82) is 0 Å². The second-order valence-corrected chi connectivity index (χ2v) is 10.8. The highest BCUT2D eigenvalue weighted by atomic mass is 14.9. The average Bonchev–Trinajstić information content (AvgIpc) is 3.17. The van der Waals surface area contributed by atoms with E-state index in [1.165, 1.54) is 22.4 Å². The molecule has 3 heteroatoms. The topological polar surface area (TPSA) is 41.6 Å². The van der Waals surface area contributed by atoms with Crippen LogP contribution in [0.2, 0.25) is 0 Å². The van der Waals surface area contributed by atoms with Crippen LogP contribution in [0.5, 0.6) is 0 Å². The molecule has 3 aromatic rings. The molecule has 0 spiro atoms. The minimum Gasteiger partial charge on any atom is -0.348 e. The lowest BCUT2D eigenvalue weighted by Gasteiger charge is -2.19. The van der Waals surface area contributed by atoms with E-state index in [0.29, 0.717) is 0 Å². The molecule has 1 N–H and O–H groups in total. The summed E-state index contributed by atoms with van der Waals surface area (Å²) >= 11 is 0. The highest BCUT2D eigenvalue weighted by molar-refractivity contribution is 5.27. The van der Waals surface area contributed by atoms with Crippen molar-refractivity contribution in [2.75, 3.05) is 0 Å². The SMILES string of the molecule is CC(C)(C)c1cccnc1.CC(C)(C)c1cnc[nH]1.Cc1cccc(C(C)(C)C)c1. The molecule has 0 atom stereocenters. The van der Waals surface area contributed by atoms with Crippen molar-refractivity contribution in [2.24, 2.45) is 0 Å². The van der Waals surface area contributed by atoms with Crippen molar-refractivity contribution in [1.82, 2.24) is 15.0 Å². The first-order chi connectivity index (χ1) is 13.7. The van der Waals surface area contributed by atoms with Crippen LogP contribution in [0.1, 0.15) is 84.7 Å². The summed E-state index contributed by atoms with van der Waals surface area (Å²) < 4.78 is 0. The average molecular weight is 408 g/mol. The number of hydrogen-bond acceptors (Lipinski definition) is 2. The van der Waals surface area contributed by atoms with E-state index in [1.54, 1.807) is 12.5 Å². The standard InChI is InChI=1S/C11H16.C9H13N.C7H12N2/c1-9-6-5-7-10(8-9)11(2,3)4;1-9(2,3)8-5-4-6-10-7-8;1-7(2,3)6-4-8-5-9-6/h5-8H,1-4H3;4-7H,1-3H3;4-5H,1-3H3,(H,8,9). The minimum atomic E-state index is 0.205. The van der Waals surface area contributed by atoms with E-state index < -0.39 is 0 Å². The fraction of sp³-hybridized carbons (Fsp3) is 0.481. The number of aryl methyl sites for hydroxylation is 1. The maximum Gasteiger partial charge on any atom is 0.0921 e. The Labute approximate surface area is 184 Å². The fourth-order valence-corrected chi connectivity index (χ4v) is 2.58. The van der Waals surface area contributed by atoms with E-state index >= 15 is 0 Å². The van der Waals surface area contributed by atoms with E-state index in [1.807, 2.05) is 18.5 Å². The smallest absolute Gasteiger partial charge is 0.0921 e. The number of pyridine rings is 1. The Morgan fingerprint density at radius 2 is 1.27 bits per heavy atom. The summed E-state index contributed by atoms with van der Waals surface area (Å²) in [5.41, 5.74) is 5.95. The van der Waals surface area contributed by atoms with Crippen LogP contribution in [0.25, 0.3) is 0 Å². The minimum absolute atomic E-state index is 0.205. The maximum atomic E-state index is 4.05. The van der Waals surface area contributed by atoms with Gasteiger partial charge >= 0.3 is 0 Å². The summed E-state index contributed by atoms with van der Waals surface area (Å²) in [4.78, 5) is 11.1. The number of benzene rings is 1. The number of imidazole rings is 1. The van der Waals surface area contributed by atoms with Gasteiger partial charge in [-0.1, -0.05) is 98.2 Å². The van der Waals surface area contributed by atoms with Crippen molar-refractivity contribution < 1.29 is 0 Å². The number of rotatable bonds is 0. The summed E-state index contributed by atoms with van der Waals surface area (Å²) in [7, 11) is 0. The van der Waals surface area contributed by atoms with Crippen molar-refractivity contribution >= 4 is 0 Å². The van der Waals surface area contributed by atoms with E-state index in [-0.39, 0.29) is 16.2 Å². The molecule has 0 aliphatic carbocycles. The summed E-state index contributed by atoms with van der Waals surface area (Å²) in [6.45, 7) is 21.9. The molecule has 0 saturated carbocycles. The molecule has 3 rings (SSSR count). The van der Waals surface area contributed by atoms with Gasteiger partial charge in [-0.15, -0.1) is 0 Å². The molecule has 164 valence electrons. The van der Waals surface area contributed by atoms with Crippen LogP contribution in [-0.4, -0.2) is 15.0 Å². The third kappa shape index (κ3) is 9.39. The normalized spacial score (nSPS) is 11.7. The van der Waals surface area contributed by atoms with Gasteiger partial charge in [-0.05, 0) is 34.9 Å². The molecule has 0 saturated heterocycles. The first kappa shape index (κ1) is 25.6. The first-order valence-electron chi connectivity index (χ1n) is 10.7. The van der Waals surface area contributed by atoms with Gasteiger partial charge < -0.3 is 4.98 Å². The van der Waals surface area contributed by atoms with Crippen LogP contribution in [0.15, 0.2) is 61.3 Å². The van der Waals surface area contributed by atoms with Gasteiger partial charge in [0.15, 0.2) is 0 Å². The molecule has 1 aromatic carbocycles. The zero-order chi connectivity index (χ0) is 23.0. The third-order valence-electron chi connectivity index (χ3n) is 4.72. The van der Waals surface area contributed by atoms with Crippen LogP contribution in [0, 0.1) is 6.92 Å². The summed E-state index contributed by atoms with van der Waals surface area (Å²) in [5, 5.41) is 0. The number of nitrogens with one attached hydrogen (secondary N) is 1. The van der Waals surface area contributed by atoms with Gasteiger partial charge in [0.25, 0.3) is 0 Å². The molecule has 2 aromatic heterocycles. The van der Waals surface area contributed by atoms with E-state index in [2.05, 4.69) is 115 Å². The van der Waals surface area contributed by atoms with E-state index in [0.717, 1.165) is 0 Å². The largest absolute Gasteiger partial charge is 0.348 e. The van der Waals surface area contributed by atoms with Crippen molar-refractivity contribution in [2.45, 2.75) is 85.5 Å². The molecule has 0 aliphatic heterocycles. The molecule has 3 nitrogen and oxygen atoms in total. The van der Waals surface area contributed by atoms with Crippen molar-refractivity contribution in [3.63, 3.8) is 0 Å². The molecule has 2 heterocycles. The lowest BCUT2D eigenvalue weighted by Crippen LogP contribution is -2.10. The van der Waals surface area contributed by atoms with Crippen molar-refractivity contribution in [3.8, 4) is 0 Å². The van der Waals surface area contributed by atoms with Crippen molar-refractivity contribution in [3.05, 3.63) is 83.7 Å². The molecule has 0 bridgehead atoms. The van der Waals surface area contributed by atoms with Gasteiger partial charge in [0.2, 0.25) is 0 Å². The molecule has 0 fully saturated rings. The molecule has 0 amide bonds. The summed E-state index contributed by atoms with van der Waals surface area (Å²) in [5.74, 6) is 0. The summed E-state index contributed by atoms with van der Waals surface area (Å²) in [6, 6.07) is 12.8. The quantitative estimate of drug-likeness (QED) is 0.422. The molecule has 0 unspecified atom stereocenters. The number of aromatic amines is 1. The first-order valence-corrected chi connectivity index (χ1v) is 10.7. The zero-order valence-electron chi connectivity index (χ0n) is 20.7. The lowest BCUT2D eigenvalue weighted by atomic mass is 9.86.